The maximum atomic E-state index is 12.3. The average molecular weight is 599 g/mol. The van der Waals surface area contributed by atoms with Gasteiger partial charge in [-0.05, 0) is 56.8 Å². The number of ketones is 3. The Labute approximate surface area is 266 Å². The number of hydrogen-bond donors (Lipinski definition) is 1. The van der Waals surface area contributed by atoms with E-state index in [1.54, 1.807) is 0 Å². The summed E-state index contributed by atoms with van der Waals surface area (Å²) < 4.78 is 0. The van der Waals surface area contributed by atoms with Gasteiger partial charge in [0.1, 0.15) is 6.10 Å². The van der Waals surface area contributed by atoms with Crippen LogP contribution in [0.5, 0.6) is 0 Å². The fourth-order valence-corrected chi connectivity index (χ4v) is 6.31. The Morgan fingerprint density at radius 3 is 1.52 bits per heavy atom. The van der Waals surface area contributed by atoms with E-state index in [4.69, 9.17) is 0 Å². The Morgan fingerprint density at radius 1 is 0.636 bits per heavy atom. The summed E-state index contributed by atoms with van der Waals surface area (Å²) in [5.74, 6) is -0.873. The molecule has 0 bridgehead atoms. The first-order chi connectivity index (χ1) is 20.5. The van der Waals surface area contributed by atoms with E-state index in [-0.39, 0.29) is 51.9 Å². The van der Waals surface area contributed by atoms with Crippen molar-refractivity contribution in [1.82, 2.24) is 0 Å². The quantitative estimate of drug-likeness (QED) is 0.201. The Kier molecular flexibility index (Phi) is 13.5. The minimum absolute atomic E-state index is 0.0440. The Bertz CT molecular complexity index is 1350. The third-order valence-electron chi connectivity index (χ3n) is 9.08. The maximum absolute atomic E-state index is 12.3. The third-order valence-corrected chi connectivity index (χ3v) is 9.08. The summed E-state index contributed by atoms with van der Waals surface area (Å²) in [6.45, 7) is 20.3. The lowest BCUT2D eigenvalue weighted by Crippen LogP contribution is -2.45. The lowest BCUT2D eigenvalue weighted by Gasteiger charge is -2.42. The zero-order valence-electron chi connectivity index (χ0n) is 28.6. The summed E-state index contributed by atoms with van der Waals surface area (Å²) in [6, 6.07) is 0. The van der Waals surface area contributed by atoms with E-state index in [2.05, 4.69) is 96.2 Å². The molecule has 4 unspecified atom stereocenters. The second kappa shape index (κ2) is 16.1. The highest BCUT2D eigenvalue weighted by Gasteiger charge is 2.45. The first-order valence-corrected chi connectivity index (χ1v) is 15.8. The molecule has 0 spiro atoms. The summed E-state index contributed by atoms with van der Waals surface area (Å²) in [4.78, 5) is 36.5. The smallest absolute Gasteiger partial charge is 0.201 e. The van der Waals surface area contributed by atoms with Gasteiger partial charge >= 0.3 is 0 Å². The van der Waals surface area contributed by atoms with Gasteiger partial charge in [0.05, 0.1) is 0 Å². The molecule has 0 amide bonds. The van der Waals surface area contributed by atoms with Gasteiger partial charge in [0, 0.05) is 18.3 Å². The van der Waals surface area contributed by atoms with Crippen molar-refractivity contribution in [3.8, 4) is 0 Å². The standard InChI is InChI=1S/C40H54O4/c1-27(17-13-19-29(3)21-23-33-31(5)37(43)35(41)25-39(33,7)8)15-11-12-16-28(2)18-14-20-30(4)22-24-34-32(6)38(44)36(42)26-40(34,9)10/h11-24,31-35,41H,25-26H2,1-10H3/b12-11+,17-13+,18-14+,23-21?,24-22?,27-15+,28-16+,29-19?,30-20+/t31?,32?,33?,34?,35-/m0/s1. The number of allylic oxidation sites excluding steroid dienone is 18. The number of hydrogen-bond acceptors (Lipinski definition) is 4. The number of Topliss-reactive ketones (excluding diaryl/α,β-unsaturated/α-hetero) is 3. The van der Waals surface area contributed by atoms with Gasteiger partial charge in [0.15, 0.2) is 11.6 Å². The monoisotopic (exact) mass is 598 g/mol. The Morgan fingerprint density at radius 2 is 1.05 bits per heavy atom. The van der Waals surface area contributed by atoms with Crippen LogP contribution in [0.3, 0.4) is 0 Å². The van der Waals surface area contributed by atoms with Crippen molar-refractivity contribution >= 4 is 17.3 Å². The van der Waals surface area contributed by atoms with Crippen LogP contribution >= 0.6 is 0 Å². The van der Waals surface area contributed by atoms with E-state index in [0.29, 0.717) is 12.8 Å². The topological polar surface area (TPSA) is 71.4 Å². The van der Waals surface area contributed by atoms with Gasteiger partial charge in [-0.25, -0.2) is 0 Å². The molecule has 2 aliphatic rings. The van der Waals surface area contributed by atoms with Crippen molar-refractivity contribution in [2.45, 2.75) is 88.2 Å². The lowest BCUT2D eigenvalue weighted by atomic mass is 9.62. The molecule has 0 aromatic rings. The van der Waals surface area contributed by atoms with Gasteiger partial charge in [0.2, 0.25) is 5.78 Å². The molecule has 1 N–H and O–H groups in total. The van der Waals surface area contributed by atoms with Crippen LogP contribution in [0.2, 0.25) is 0 Å². The summed E-state index contributed by atoms with van der Waals surface area (Å²) in [7, 11) is 0. The van der Waals surface area contributed by atoms with E-state index in [9.17, 15) is 19.5 Å². The first-order valence-electron chi connectivity index (χ1n) is 15.8. The molecule has 0 heterocycles. The molecule has 0 radical (unpaired) electrons. The van der Waals surface area contributed by atoms with Gasteiger partial charge in [-0.15, -0.1) is 0 Å². The Balaban J connectivity index is 1.90. The van der Waals surface area contributed by atoms with Gasteiger partial charge in [0.25, 0.3) is 0 Å². The minimum atomic E-state index is -0.849. The fourth-order valence-electron chi connectivity index (χ4n) is 6.31. The zero-order valence-corrected chi connectivity index (χ0v) is 28.6. The largest absolute Gasteiger partial charge is 0.385 e. The van der Waals surface area contributed by atoms with Gasteiger partial charge in [-0.1, -0.05) is 149 Å². The van der Waals surface area contributed by atoms with Crippen LogP contribution in [-0.4, -0.2) is 28.6 Å². The summed E-state index contributed by atoms with van der Waals surface area (Å²) >= 11 is 0. The highest BCUT2D eigenvalue weighted by molar-refractivity contribution is 6.38. The second-order valence-electron chi connectivity index (χ2n) is 14.2. The van der Waals surface area contributed by atoms with Gasteiger partial charge in [-0.3, -0.25) is 14.4 Å². The lowest BCUT2D eigenvalue weighted by molar-refractivity contribution is -0.145. The van der Waals surface area contributed by atoms with Crippen molar-refractivity contribution in [3.63, 3.8) is 0 Å². The predicted molar refractivity (Wildman–Crippen MR) is 184 cm³/mol. The molecular formula is C40H54O4. The van der Waals surface area contributed by atoms with Crippen molar-refractivity contribution in [1.29, 1.82) is 0 Å². The molecule has 2 saturated carbocycles. The predicted octanol–water partition coefficient (Wildman–Crippen LogP) is 8.99. The van der Waals surface area contributed by atoms with Crippen molar-refractivity contribution in [2.75, 3.05) is 0 Å². The van der Waals surface area contributed by atoms with Crippen molar-refractivity contribution in [3.05, 3.63) is 107 Å². The van der Waals surface area contributed by atoms with Crippen LogP contribution in [-0.2, 0) is 14.4 Å². The SMILES string of the molecule is CC(C=CC1C(C)C(=O)[C@@H](O)CC1(C)C)=C/C=C/C(C)=C/C=C/C=C(C)/C=C/C=C(\C)C=CC1C(C)C(=O)C(=O)CC1(C)C. The van der Waals surface area contributed by atoms with E-state index in [1.165, 1.54) is 0 Å². The molecule has 4 heteroatoms. The van der Waals surface area contributed by atoms with E-state index >= 15 is 0 Å². The number of aliphatic hydroxyl groups excluding tert-OH is 1. The van der Waals surface area contributed by atoms with Crippen molar-refractivity contribution in [2.24, 2.45) is 34.5 Å². The minimum Gasteiger partial charge on any atom is -0.385 e. The van der Waals surface area contributed by atoms with E-state index in [1.807, 2.05) is 58.1 Å². The zero-order chi connectivity index (χ0) is 33.2. The molecule has 0 aliphatic heterocycles. The molecular weight excluding hydrogens is 544 g/mol. The van der Waals surface area contributed by atoms with E-state index in [0.717, 1.165) is 22.3 Å². The van der Waals surface area contributed by atoms with E-state index < -0.39 is 6.10 Å². The number of carbonyl (C=O) groups is 3. The third kappa shape index (κ3) is 10.7. The molecule has 238 valence electrons. The molecule has 44 heavy (non-hydrogen) atoms. The molecule has 0 saturated heterocycles. The van der Waals surface area contributed by atoms with Crippen LogP contribution in [0.15, 0.2) is 107 Å². The molecule has 5 atom stereocenters. The first kappa shape index (κ1) is 36.8. The normalized spacial score (nSPS) is 29.4. The molecule has 0 aromatic heterocycles. The van der Waals surface area contributed by atoms with Crippen LogP contribution < -0.4 is 0 Å². The average Bonchev–Trinajstić information content (AvgIpc) is 2.92. The highest BCUT2D eigenvalue weighted by atomic mass is 16.3. The summed E-state index contributed by atoms with van der Waals surface area (Å²) in [5.41, 5.74) is 4.10. The van der Waals surface area contributed by atoms with Crippen LogP contribution in [0, 0.1) is 34.5 Å². The molecule has 2 fully saturated rings. The number of carbonyl (C=O) groups excluding carboxylic acids is 3. The van der Waals surface area contributed by atoms with Gasteiger partial charge in [-0.2, -0.15) is 0 Å². The second-order valence-corrected chi connectivity index (χ2v) is 14.2. The molecule has 4 nitrogen and oxygen atoms in total. The highest BCUT2D eigenvalue weighted by Crippen LogP contribution is 2.44. The van der Waals surface area contributed by atoms with Crippen LogP contribution in [0.1, 0.15) is 82.1 Å². The van der Waals surface area contributed by atoms with Gasteiger partial charge < -0.3 is 5.11 Å². The van der Waals surface area contributed by atoms with Crippen LogP contribution in [0.25, 0.3) is 0 Å². The summed E-state index contributed by atoms with van der Waals surface area (Å²) in [5, 5.41) is 10.1. The molecule has 2 rings (SSSR count). The van der Waals surface area contributed by atoms with Crippen molar-refractivity contribution < 1.29 is 19.5 Å². The number of rotatable bonds is 10. The maximum Gasteiger partial charge on any atom is 0.201 e. The fraction of sp³-hybridized carbons (Fsp3) is 0.475. The van der Waals surface area contributed by atoms with Crippen LogP contribution in [0.4, 0.5) is 0 Å². The summed E-state index contributed by atoms with van der Waals surface area (Å²) in [6.07, 6.45) is 28.8. The Hall–Kier alpha value is -3.37. The molecule has 2 aliphatic carbocycles. The number of aliphatic hydroxyl groups is 1. The molecule has 0 aromatic carbocycles.